The Bertz CT molecular complexity index is 1270. The van der Waals surface area contributed by atoms with Crippen LogP contribution in [-0.4, -0.2) is 77.5 Å². The minimum Gasteiger partial charge on any atom is -0.368 e. The zero-order chi connectivity index (χ0) is 26.1. The number of nitrogen functional groups attached to an aromatic ring is 1. The highest BCUT2D eigenvalue weighted by Gasteiger charge is 2.26. The van der Waals surface area contributed by atoms with Crippen molar-refractivity contribution >= 4 is 11.8 Å². The molecule has 3 aromatic rings. The monoisotopic (exact) mass is 509 g/mol. The van der Waals surface area contributed by atoms with Crippen LogP contribution in [-0.2, 0) is 13.0 Å². The maximum Gasteiger partial charge on any atom is 0.222 e. The van der Waals surface area contributed by atoms with Crippen LogP contribution in [0.4, 0.5) is 11.8 Å². The lowest BCUT2D eigenvalue weighted by atomic mass is 9.89. The molecule has 3 aliphatic rings. The Morgan fingerprint density at radius 2 is 1.61 bits per heavy atom. The third kappa shape index (κ3) is 5.20. The molecule has 7 nitrogen and oxygen atoms in total. The van der Waals surface area contributed by atoms with E-state index < -0.39 is 0 Å². The average molecular weight is 510 g/mol. The van der Waals surface area contributed by atoms with Crippen molar-refractivity contribution in [3.63, 3.8) is 0 Å². The predicted octanol–water partition coefficient (Wildman–Crippen LogP) is 4.19. The van der Waals surface area contributed by atoms with Crippen molar-refractivity contribution in [1.82, 2.24) is 24.7 Å². The number of rotatable bonds is 5. The Morgan fingerprint density at radius 1 is 0.842 bits per heavy atom. The van der Waals surface area contributed by atoms with Crippen LogP contribution in [0.15, 0.2) is 67.0 Å². The molecule has 2 aromatic carbocycles. The number of anilines is 2. The Kier molecular flexibility index (Phi) is 6.94. The van der Waals surface area contributed by atoms with Gasteiger partial charge in [-0.1, -0.05) is 49.0 Å². The van der Waals surface area contributed by atoms with Gasteiger partial charge >= 0.3 is 0 Å². The highest BCUT2D eigenvalue weighted by Crippen LogP contribution is 2.32. The number of piperazine rings is 1. The fourth-order valence-electron chi connectivity index (χ4n) is 6.13. The van der Waals surface area contributed by atoms with Crippen LogP contribution in [0.25, 0.3) is 11.3 Å². The number of aromatic nitrogens is 2. The Balaban J connectivity index is 1.14. The molecular weight excluding hydrogens is 470 g/mol. The largest absolute Gasteiger partial charge is 0.368 e. The van der Waals surface area contributed by atoms with Gasteiger partial charge in [-0.2, -0.15) is 4.98 Å². The highest BCUT2D eigenvalue weighted by molar-refractivity contribution is 5.66. The molecule has 0 bridgehead atoms. The van der Waals surface area contributed by atoms with Crippen LogP contribution >= 0.6 is 0 Å². The minimum atomic E-state index is 0.336. The number of benzene rings is 2. The number of fused-ring (bicyclic) bond motifs is 1. The van der Waals surface area contributed by atoms with Crippen LogP contribution in [0.2, 0.25) is 0 Å². The number of nitrogens with zero attached hydrogens (tertiary/aromatic N) is 6. The third-order valence-electron chi connectivity index (χ3n) is 8.57. The molecule has 0 aliphatic carbocycles. The van der Waals surface area contributed by atoms with Crippen LogP contribution in [0.5, 0.6) is 0 Å². The molecule has 0 atom stereocenters. The van der Waals surface area contributed by atoms with Gasteiger partial charge in [0.1, 0.15) is 5.82 Å². The van der Waals surface area contributed by atoms with Crippen molar-refractivity contribution in [2.75, 3.05) is 63.5 Å². The molecule has 198 valence electrons. The Hall–Kier alpha value is -3.58. The maximum atomic E-state index is 6.18. The quantitative estimate of drug-likeness (QED) is 0.553. The van der Waals surface area contributed by atoms with Gasteiger partial charge in [-0.3, -0.25) is 0 Å². The number of hydrogen-bond donors (Lipinski definition) is 1. The number of nitrogens with two attached hydrogens (primary N) is 1. The first-order valence-corrected chi connectivity index (χ1v) is 14.0. The second-order valence-corrected chi connectivity index (χ2v) is 11.0. The van der Waals surface area contributed by atoms with Gasteiger partial charge in [0, 0.05) is 64.0 Å². The van der Waals surface area contributed by atoms with Gasteiger partial charge in [-0.05, 0) is 55.0 Å². The van der Waals surface area contributed by atoms with E-state index in [0.717, 1.165) is 81.7 Å². The summed E-state index contributed by atoms with van der Waals surface area (Å²) in [6, 6.07) is 19.8. The highest BCUT2D eigenvalue weighted by atomic mass is 15.3. The van der Waals surface area contributed by atoms with Crippen LogP contribution in [0.1, 0.15) is 35.4 Å². The summed E-state index contributed by atoms with van der Waals surface area (Å²) in [4.78, 5) is 18.8. The normalized spacial score (nSPS) is 18.9. The van der Waals surface area contributed by atoms with Gasteiger partial charge in [-0.25, -0.2) is 4.98 Å². The van der Waals surface area contributed by atoms with Crippen molar-refractivity contribution in [3.05, 3.63) is 83.7 Å². The molecule has 7 heteroatoms. The summed E-state index contributed by atoms with van der Waals surface area (Å²) in [7, 11) is 2.16. The average Bonchev–Trinajstić information content (AvgIpc) is 2.97. The Morgan fingerprint density at radius 3 is 2.37 bits per heavy atom. The first-order valence-electron chi connectivity index (χ1n) is 14.0. The number of likely N-dealkylation sites (N-methyl/N-ethyl adjacent to an activating group) is 1. The van der Waals surface area contributed by atoms with E-state index in [2.05, 4.69) is 97.8 Å². The van der Waals surface area contributed by atoms with Crippen LogP contribution in [0, 0.1) is 0 Å². The second-order valence-electron chi connectivity index (χ2n) is 11.0. The minimum absolute atomic E-state index is 0.336. The van der Waals surface area contributed by atoms with Crippen molar-refractivity contribution in [2.24, 2.45) is 0 Å². The van der Waals surface area contributed by atoms with Crippen molar-refractivity contribution in [3.8, 4) is 11.3 Å². The van der Waals surface area contributed by atoms with Crippen LogP contribution < -0.4 is 10.6 Å². The zero-order valence-electron chi connectivity index (χ0n) is 22.5. The molecule has 2 N–H and O–H groups in total. The van der Waals surface area contributed by atoms with Gasteiger partial charge < -0.3 is 25.3 Å². The van der Waals surface area contributed by atoms with Gasteiger partial charge in [0.05, 0.1) is 11.5 Å². The number of hydrogen-bond acceptors (Lipinski definition) is 7. The van der Waals surface area contributed by atoms with Gasteiger partial charge in [0.15, 0.2) is 0 Å². The molecule has 4 heterocycles. The van der Waals surface area contributed by atoms with E-state index in [9.17, 15) is 0 Å². The van der Waals surface area contributed by atoms with E-state index in [4.69, 9.17) is 5.73 Å². The summed E-state index contributed by atoms with van der Waals surface area (Å²) in [6.07, 6.45) is 3.40. The predicted molar refractivity (Wildman–Crippen MR) is 155 cm³/mol. The Labute approximate surface area is 226 Å². The summed E-state index contributed by atoms with van der Waals surface area (Å²) in [5.41, 5.74) is 12.4. The summed E-state index contributed by atoms with van der Waals surface area (Å²) in [5.74, 6) is 3.08. The number of piperidine rings is 1. The van der Waals surface area contributed by atoms with E-state index in [1.54, 1.807) is 0 Å². The lowest BCUT2D eigenvalue weighted by molar-refractivity contribution is 0.168. The zero-order valence-corrected chi connectivity index (χ0v) is 22.5. The first kappa shape index (κ1) is 24.7. The van der Waals surface area contributed by atoms with E-state index in [1.807, 2.05) is 0 Å². The summed E-state index contributed by atoms with van der Waals surface area (Å²) >= 11 is 0. The summed E-state index contributed by atoms with van der Waals surface area (Å²) < 4.78 is 0. The second kappa shape index (κ2) is 10.7. The molecule has 2 saturated heterocycles. The van der Waals surface area contributed by atoms with E-state index in [-0.39, 0.29) is 0 Å². The van der Waals surface area contributed by atoms with E-state index in [1.165, 1.54) is 29.5 Å². The van der Waals surface area contributed by atoms with E-state index >= 15 is 0 Å². The number of likely N-dealkylation sites (tertiary alicyclic amines) is 1. The molecule has 3 aliphatic heterocycles. The fourth-order valence-corrected chi connectivity index (χ4v) is 6.13. The standard InChI is InChI=1S/C31H39N7/c1-23(36-13-10-26(11-14-36)24-6-4-3-5-7-24)38-15-12-25-8-9-27(20-28(25)22-38)29-21-30(34-31(32)33-29)37-18-16-35(2)17-19-37/h3-9,20-21,26H,1,10-19,22H2,2H3,(H2,32,33,34). The molecule has 0 amide bonds. The topological polar surface area (TPSA) is 64.8 Å². The third-order valence-corrected chi connectivity index (χ3v) is 8.57. The fraction of sp³-hybridized carbons (Fsp3) is 0.419. The molecule has 0 spiro atoms. The van der Waals surface area contributed by atoms with Crippen molar-refractivity contribution in [2.45, 2.75) is 31.7 Å². The molecule has 2 fully saturated rings. The smallest absolute Gasteiger partial charge is 0.222 e. The maximum absolute atomic E-state index is 6.18. The molecule has 38 heavy (non-hydrogen) atoms. The molecule has 6 rings (SSSR count). The SMILES string of the molecule is C=C(N1CCC(c2ccccc2)CC1)N1CCc2ccc(-c3cc(N4CCN(C)CC4)nc(N)n3)cc2C1. The lowest BCUT2D eigenvalue weighted by Crippen LogP contribution is -2.44. The summed E-state index contributed by atoms with van der Waals surface area (Å²) in [6.45, 7) is 12.5. The molecule has 0 saturated carbocycles. The summed E-state index contributed by atoms with van der Waals surface area (Å²) in [5, 5.41) is 0. The molecule has 1 aromatic heterocycles. The van der Waals surface area contributed by atoms with Gasteiger partial charge in [0.25, 0.3) is 0 Å². The molecule has 0 radical (unpaired) electrons. The van der Waals surface area contributed by atoms with Crippen molar-refractivity contribution in [1.29, 1.82) is 0 Å². The molecular formula is C31H39N7. The first-order chi connectivity index (χ1) is 18.5. The van der Waals surface area contributed by atoms with E-state index in [0.29, 0.717) is 11.9 Å². The lowest BCUT2D eigenvalue weighted by Gasteiger charge is -2.41. The van der Waals surface area contributed by atoms with Gasteiger partial charge in [-0.15, -0.1) is 0 Å². The molecule has 0 unspecified atom stereocenters. The van der Waals surface area contributed by atoms with Gasteiger partial charge in [0.2, 0.25) is 5.95 Å². The van der Waals surface area contributed by atoms with Crippen molar-refractivity contribution < 1.29 is 0 Å². The van der Waals surface area contributed by atoms with Crippen LogP contribution in [0.3, 0.4) is 0 Å².